The Bertz CT molecular complexity index is 612. The smallest absolute Gasteiger partial charge is 0.160 e. The molecule has 112 valence electrons. The summed E-state index contributed by atoms with van der Waals surface area (Å²) in [4.78, 5) is 9.36. The van der Waals surface area contributed by atoms with E-state index in [1.807, 2.05) is 18.3 Å². The van der Waals surface area contributed by atoms with Gasteiger partial charge in [-0.05, 0) is 44.4 Å². The number of pyridine rings is 1. The van der Waals surface area contributed by atoms with Gasteiger partial charge in [0.1, 0.15) is 17.4 Å². The Balaban J connectivity index is 1.70. The van der Waals surface area contributed by atoms with Crippen LogP contribution in [0.2, 0.25) is 0 Å². The number of hydrogen-bond donors (Lipinski definition) is 1. The lowest BCUT2D eigenvalue weighted by atomic mass is 10.0. The van der Waals surface area contributed by atoms with Crippen molar-refractivity contribution in [3.05, 3.63) is 24.2 Å². The van der Waals surface area contributed by atoms with Gasteiger partial charge in [0, 0.05) is 25.4 Å². The molecule has 5 heteroatoms. The first-order valence-electron chi connectivity index (χ1n) is 8.08. The third-order valence-corrected chi connectivity index (χ3v) is 4.57. The molecular formula is C16H22N4O. The number of nitrogens with one attached hydrogen (secondary N) is 1. The first-order valence-corrected chi connectivity index (χ1v) is 8.08. The maximum Gasteiger partial charge on any atom is 0.160 e. The molecule has 0 aliphatic carbocycles. The third-order valence-electron chi connectivity index (χ3n) is 4.57. The lowest BCUT2D eigenvalue weighted by Gasteiger charge is -2.25. The molecule has 2 aliphatic heterocycles. The Morgan fingerprint density at radius 3 is 3.10 bits per heavy atom. The van der Waals surface area contributed by atoms with Gasteiger partial charge in [-0.25, -0.2) is 9.97 Å². The monoisotopic (exact) mass is 286 g/mol. The van der Waals surface area contributed by atoms with E-state index in [0.717, 1.165) is 49.5 Å². The summed E-state index contributed by atoms with van der Waals surface area (Å²) in [5.41, 5.74) is 1.98. The average Bonchev–Trinajstić information content (AvgIpc) is 3.16. The Morgan fingerprint density at radius 2 is 2.29 bits per heavy atom. The van der Waals surface area contributed by atoms with Crippen LogP contribution in [0.3, 0.4) is 0 Å². The number of nitrogens with zero attached hydrogens (tertiary/aromatic N) is 3. The summed E-state index contributed by atoms with van der Waals surface area (Å²) in [6.45, 7) is 2.92. The highest BCUT2D eigenvalue weighted by Gasteiger charge is 2.26. The summed E-state index contributed by atoms with van der Waals surface area (Å²) in [5, 5.41) is 3.62. The van der Waals surface area contributed by atoms with Gasteiger partial charge in [-0.3, -0.25) is 0 Å². The summed E-state index contributed by atoms with van der Waals surface area (Å²) in [5.74, 6) is 1.06. The van der Waals surface area contributed by atoms with Crippen LogP contribution >= 0.6 is 0 Å². The van der Waals surface area contributed by atoms with Crippen molar-refractivity contribution in [1.29, 1.82) is 0 Å². The van der Waals surface area contributed by atoms with Crippen LogP contribution in [0, 0.1) is 0 Å². The number of piperidine rings is 1. The molecule has 0 radical (unpaired) electrons. The predicted molar refractivity (Wildman–Crippen MR) is 81.1 cm³/mol. The largest absolute Gasteiger partial charge is 0.370 e. The van der Waals surface area contributed by atoms with Crippen LogP contribution in [0.5, 0.6) is 0 Å². The van der Waals surface area contributed by atoms with E-state index in [9.17, 15) is 0 Å². The Hall–Kier alpha value is -1.46. The molecule has 2 atom stereocenters. The van der Waals surface area contributed by atoms with Crippen molar-refractivity contribution in [1.82, 2.24) is 19.9 Å². The molecule has 2 fully saturated rings. The SMILES string of the molecule is c1cnc2c(c1)nc(C1CCCO1)n2CC1CCCCN1. The molecular weight excluding hydrogens is 264 g/mol. The van der Waals surface area contributed by atoms with Gasteiger partial charge < -0.3 is 14.6 Å². The maximum absolute atomic E-state index is 5.87. The minimum Gasteiger partial charge on any atom is -0.370 e. The molecule has 0 saturated carbocycles. The van der Waals surface area contributed by atoms with Crippen LogP contribution in [0.1, 0.15) is 44.0 Å². The molecule has 2 unspecified atom stereocenters. The third kappa shape index (κ3) is 2.56. The minimum absolute atomic E-state index is 0.141. The molecule has 0 bridgehead atoms. The molecule has 0 spiro atoms. The Kier molecular flexibility index (Phi) is 3.61. The van der Waals surface area contributed by atoms with E-state index in [2.05, 4.69) is 14.9 Å². The number of fused-ring (bicyclic) bond motifs is 1. The zero-order valence-corrected chi connectivity index (χ0v) is 12.3. The molecule has 2 aromatic rings. The van der Waals surface area contributed by atoms with E-state index < -0.39 is 0 Å². The number of aromatic nitrogens is 3. The number of imidazole rings is 1. The fraction of sp³-hybridized carbons (Fsp3) is 0.625. The molecule has 5 nitrogen and oxygen atoms in total. The average molecular weight is 286 g/mol. The molecule has 4 rings (SSSR count). The summed E-state index contributed by atoms with van der Waals surface area (Å²) in [6.07, 6.45) is 8.03. The molecule has 2 saturated heterocycles. The van der Waals surface area contributed by atoms with Crippen molar-refractivity contribution in [2.45, 2.75) is 50.8 Å². The van der Waals surface area contributed by atoms with Gasteiger partial charge in [0.25, 0.3) is 0 Å². The van der Waals surface area contributed by atoms with E-state index in [1.165, 1.54) is 19.3 Å². The first-order chi connectivity index (χ1) is 10.4. The zero-order valence-electron chi connectivity index (χ0n) is 12.3. The second kappa shape index (κ2) is 5.73. The lowest BCUT2D eigenvalue weighted by Crippen LogP contribution is -2.37. The highest BCUT2D eigenvalue weighted by Crippen LogP contribution is 2.30. The highest BCUT2D eigenvalue weighted by molar-refractivity contribution is 5.71. The quantitative estimate of drug-likeness (QED) is 0.941. The summed E-state index contributed by atoms with van der Waals surface area (Å²) < 4.78 is 8.15. The van der Waals surface area contributed by atoms with E-state index in [1.54, 1.807) is 0 Å². The minimum atomic E-state index is 0.141. The number of ether oxygens (including phenoxy) is 1. The van der Waals surface area contributed by atoms with Crippen molar-refractivity contribution in [3.8, 4) is 0 Å². The van der Waals surface area contributed by atoms with Crippen LogP contribution in [0.25, 0.3) is 11.2 Å². The molecule has 0 amide bonds. The number of rotatable bonds is 3. The van der Waals surface area contributed by atoms with Crippen LogP contribution < -0.4 is 5.32 Å². The predicted octanol–water partition coefficient (Wildman–Crippen LogP) is 2.42. The molecule has 21 heavy (non-hydrogen) atoms. The van der Waals surface area contributed by atoms with E-state index in [0.29, 0.717) is 6.04 Å². The second-order valence-electron chi connectivity index (χ2n) is 6.08. The fourth-order valence-corrected chi connectivity index (χ4v) is 3.48. The molecule has 1 N–H and O–H groups in total. The highest BCUT2D eigenvalue weighted by atomic mass is 16.5. The standard InChI is InChI=1S/C16H22N4O/c1-2-8-17-12(5-1)11-20-15-13(6-3-9-18-15)19-16(20)14-7-4-10-21-14/h3,6,9,12,14,17H,1-2,4-5,7-8,10-11H2. The van der Waals surface area contributed by atoms with Crippen LogP contribution in [0.4, 0.5) is 0 Å². The summed E-state index contributed by atoms with van der Waals surface area (Å²) >= 11 is 0. The van der Waals surface area contributed by atoms with Crippen LogP contribution in [-0.4, -0.2) is 33.7 Å². The molecule has 2 aromatic heterocycles. The lowest BCUT2D eigenvalue weighted by molar-refractivity contribution is 0.101. The van der Waals surface area contributed by atoms with Crippen molar-refractivity contribution >= 4 is 11.2 Å². The Labute approximate surface area is 124 Å². The Morgan fingerprint density at radius 1 is 1.29 bits per heavy atom. The number of hydrogen-bond acceptors (Lipinski definition) is 4. The van der Waals surface area contributed by atoms with E-state index in [4.69, 9.17) is 9.72 Å². The van der Waals surface area contributed by atoms with Gasteiger partial charge in [0.2, 0.25) is 0 Å². The topological polar surface area (TPSA) is 52.0 Å². The zero-order chi connectivity index (χ0) is 14.1. The van der Waals surface area contributed by atoms with Crippen molar-refractivity contribution in [3.63, 3.8) is 0 Å². The normalized spacial score (nSPS) is 26.5. The van der Waals surface area contributed by atoms with E-state index >= 15 is 0 Å². The summed E-state index contributed by atoms with van der Waals surface area (Å²) in [7, 11) is 0. The summed E-state index contributed by atoms with van der Waals surface area (Å²) in [6, 6.07) is 4.53. The first kappa shape index (κ1) is 13.2. The van der Waals surface area contributed by atoms with Crippen molar-refractivity contribution in [2.24, 2.45) is 0 Å². The second-order valence-corrected chi connectivity index (χ2v) is 6.08. The van der Waals surface area contributed by atoms with Crippen LogP contribution in [-0.2, 0) is 11.3 Å². The molecule has 4 heterocycles. The van der Waals surface area contributed by atoms with Gasteiger partial charge in [-0.15, -0.1) is 0 Å². The van der Waals surface area contributed by atoms with E-state index in [-0.39, 0.29) is 6.10 Å². The molecule has 2 aliphatic rings. The van der Waals surface area contributed by atoms with Gasteiger partial charge in [0.15, 0.2) is 5.65 Å². The van der Waals surface area contributed by atoms with Crippen LogP contribution in [0.15, 0.2) is 18.3 Å². The van der Waals surface area contributed by atoms with Crippen molar-refractivity contribution in [2.75, 3.05) is 13.2 Å². The van der Waals surface area contributed by atoms with Gasteiger partial charge in [-0.1, -0.05) is 6.42 Å². The van der Waals surface area contributed by atoms with Crippen molar-refractivity contribution < 1.29 is 4.74 Å². The maximum atomic E-state index is 5.87. The van der Waals surface area contributed by atoms with Gasteiger partial charge in [0.05, 0.1) is 0 Å². The molecule has 0 aromatic carbocycles. The fourth-order valence-electron chi connectivity index (χ4n) is 3.48. The van der Waals surface area contributed by atoms with Gasteiger partial charge in [-0.2, -0.15) is 0 Å². The van der Waals surface area contributed by atoms with Gasteiger partial charge >= 0.3 is 0 Å².